The van der Waals surface area contributed by atoms with Crippen molar-refractivity contribution in [2.75, 3.05) is 11.4 Å². The standard InChI is InChI=1S/C15H21N5OS/c1-10(2)14-17-15(22-18-14)20-6-4-5-12(20)7-13(21)11-8-16-19(3)9-11/h8-10,12H,4-7H2,1-3H3/t12-/m0/s1. The number of hydrogen-bond donors (Lipinski definition) is 0. The fraction of sp³-hybridized carbons (Fsp3) is 0.600. The molecule has 7 heteroatoms. The van der Waals surface area contributed by atoms with E-state index >= 15 is 0 Å². The summed E-state index contributed by atoms with van der Waals surface area (Å²) in [5.41, 5.74) is 0.689. The van der Waals surface area contributed by atoms with Gasteiger partial charge in [0.2, 0.25) is 5.13 Å². The molecule has 2 aromatic rings. The van der Waals surface area contributed by atoms with Gasteiger partial charge in [-0.3, -0.25) is 9.48 Å². The molecule has 0 radical (unpaired) electrons. The lowest BCUT2D eigenvalue weighted by molar-refractivity contribution is 0.0974. The molecule has 0 saturated carbocycles. The summed E-state index contributed by atoms with van der Waals surface area (Å²) in [6.45, 7) is 5.15. The summed E-state index contributed by atoms with van der Waals surface area (Å²) in [7, 11) is 1.83. The van der Waals surface area contributed by atoms with Crippen LogP contribution in [-0.2, 0) is 7.05 Å². The minimum Gasteiger partial charge on any atom is -0.343 e. The van der Waals surface area contributed by atoms with Gasteiger partial charge in [0.05, 0.1) is 11.8 Å². The molecule has 1 fully saturated rings. The van der Waals surface area contributed by atoms with Crippen LogP contribution in [0.25, 0.3) is 0 Å². The summed E-state index contributed by atoms with van der Waals surface area (Å²) >= 11 is 1.44. The first-order valence-electron chi connectivity index (χ1n) is 7.66. The van der Waals surface area contributed by atoms with Crippen LogP contribution in [0, 0.1) is 0 Å². The SMILES string of the molecule is CC(C)c1nsc(N2CCC[C@H]2CC(=O)c2cnn(C)c2)n1. The van der Waals surface area contributed by atoms with Crippen LogP contribution in [0.5, 0.6) is 0 Å². The molecule has 1 saturated heterocycles. The van der Waals surface area contributed by atoms with Crippen molar-refractivity contribution in [3.05, 3.63) is 23.8 Å². The highest BCUT2D eigenvalue weighted by molar-refractivity contribution is 7.09. The number of hydrogen-bond acceptors (Lipinski definition) is 6. The van der Waals surface area contributed by atoms with Crippen molar-refractivity contribution in [1.82, 2.24) is 19.1 Å². The van der Waals surface area contributed by atoms with E-state index in [-0.39, 0.29) is 11.8 Å². The Labute approximate surface area is 134 Å². The van der Waals surface area contributed by atoms with Gasteiger partial charge in [0, 0.05) is 49.7 Å². The minimum atomic E-state index is 0.151. The maximum atomic E-state index is 12.4. The molecular weight excluding hydrogens is 298 g/mol. The van der Waals surface area contributed by atoms with Crippen molar-refractivity contribution in [2.24, 2.45) is 7.05 Å². The zero-order valence-electron chi connectivity index (χ0n) is 13.2. The second-order valence-corrected chi connectivity index (χ2v) is 6.84. The number of aromatic nitrogens is 4. The zero-order chi connectivity index (χ0) is 15.7. The Morgan fingerprint density at radius 2 is 2.32 bits per heavy atom. The summed E-state index contributed by atoms with van der Waals surface area (Å²) in [4.78, 5) is 19.3. The normalized spacial score (nSPS) is 18.4. The molecule has 0 amide bonds. The highest BCUT2D eigenvalue weighted by Gasteiger charge is 2.30. The van der Waals surface area contributed by atoms with E-state index in [2.05, 4.69) is 33.2 Å². The predicted octanol–water partition coefficient (Wildman–Crippen LogP) is 2.64. The van der Waals surface area contributed by atoms with E-state index in [1.54, 1.807) is 17.1 Å². The van der Waals surface area contributed by atoms with Crippen LogP contribution in [0.15, 0.2) is 12.4 Å². The van der Waals surface area contributed by atoms with Crippen LogP contribution in [0.2, 0.25) is 0 Å². The van der Waals surface area contributed by atoms with Gasteiger partial charge in [-0.15, -0.1) is 0 Å². The average Bonchev–Trinajstić information content (AvgIpc) is 3.17. The van der Waals surface area contributed by atoms with E-state index in [1.165, 1.54) is 11.5 Å². The molecule has 1 aliphatic heterocycles. The number of carbonyl (C=O) groups excluding carboxylic acids is 1. The topological polar surface area (TPSA) is 63.9 Å². The molecule has 0 aliphatic carbocycles. The van der Waals surface area contributed by atoms with E-state index in [1.807, 2.05) is 7.05 Å². The van der Waals surface area contributed by atoms with Crippen molar-refractivity contribution in [3.8, 4) is 0 Å². The zero-order valence-corrected chi connectivity index (χ0v) is 14.0. The van der Waals surface area contributed by atoms with Crippen molar-refractivity contribution >= 4 is 22.4 Å². The molecule has 22 heavy (non-hydrogen) atoms. The van der Waals surface area contributed by atoms with Gasteiger partial charge in [0.15, 0.2) is 5.78 Å². The van der Waals surface area contributed by atoms with Gasteiger partial charge in [0.25, 0.3) is 0 Å². The molecule has 0 N–H and O–H groups in total. The van der Waals surface area contributed by atoms with Crippen LogP contribution in [0.1, 0.15) is 55.2 Å². The van der Waals surface area contributed by atoms with Crippen LogP contribution < -0.4 is 4.90 Å². The Morgan fingerprint density at radius 1 is 1.50 bits per heavy atom. The lowest BCUT2D eigenvalue weighted by Gasteiger charge is -2.22. The van der Waals surface area contributed by atoms with Crippen LogP contribution >= 0.6 is 11.5 Å². The molecular formula is C15H21N5OS. The lowest BCUT2D eigenvalue weighted by atomic mass is 10.0. The Kier molecular flexibility index (Phi) is 4.24. The number of Topliss-reactive ketones (excluding diaryl/α,β-unsaturated/α-hetero) is 1. The summed E-state index contributed by atoms with van der Waals surface area (Å²) in [6, 6.07) is 0.223. The first-order valence-corrected chi connectivity index (χ1v) is 8.44. The minimum absolute atomic E-state index is 0.151. The van der Waals surface area contributed by atoms with Gasteiger partial charge in [-0.2, -0.15) is 9.47 Å². The number of carbonyl (C=O) groups is 1. The maximum Gasteiger partial charge on any atom is 0.205 e. The van der Waals surface area contributed by atoms with Crippen LogP contribution in [0.3, 0.4) is 0 Å². The third kappa shape index (κ3) is 3.04. The predicted molar refractivity (Wildman–Crippen MR) is 86.5 cm³/mol. The first kappa shape index (κ1) is 15.1. The van der Waals surface area contributed by atoms with E-state index in [9.17, 15) is 4.79 Å². The molecule has 0 aromatic carbocycles. The largest absolute Gasteiger partial charge is 0.343 e. The number of ketones is 1. The number of aryl methyl sites for hydroxylation is 1. The third-order valence-corrected chi connectivity index (χ3v) is 4.79. The number of anilines is 1. The molecule has 6 nitrogen and oxygen atoms in total. The molecule has 3 heterocycles. The van der Waals surface area contributed by atoms with E-state index < -0.39 is 0 Å². The molecule has 0 unspecified atom stereocenters. The summed E-state index contributed by atoms with van der Waals surface area (Å²) in [6.07, 6.45) is 6.07. The molecule has 0 bridgehead atoms. The van der Waals surface area contributed by atoms with Gasteiger partial charge in [-0.1, -0.05) is 13.8 Å². The smallest absolute Gasteiger partial charge is 0.205 e. The van der Waals surface area contributed by atoms with Crippen molar-refractivity contribution in [3.63, 3.8) is 0 Å². The second kappa shape index (κ2) is 6.16. The molecule has 1 atom stereocenters. The monoisotopic (exact) mass is 319 g/mol. The van der Waals surface area contributed by atoms with Gasteiger partial charge in [-0.25, -0.2) is 4.98 Å². The van der Waals surface area contributed by atoms with Crippen LogP contribution in [-0.4, -0.2) is 37.5 Å². The Bertz CT molecular complexity index is 662. The second-order valence-electron chi connectivity index (χ2n) is 6.11. The lowest BCUT2D eigenvalue weighted by Crippen LogP contribution is -2.31. The van der Waals surface area contributed by atoms with Crippen molar-refractivity contribution in [1.29, 1.82) is 0 Å². The van der Waals surface area contributed by atoms with Gasteiger partial charge >= 0.3 is 0 Å². The van der Waals surface area contributed by atoms with Gasteiger partial charge in [-0.05, 0) is 12.8 Å². The van der Waals surface area contributed by atoms with Gasteiger partial charge in [0.1, 0.15) is 5.82 Å². The molecule has 1 aliphatic rings. The van der Waals surface area contributed by atoms with Gasteiger partial charge < -0.3 is 4.90 Å². The highest BCUT2D eigenvalue weighted by atomic mass is 32.1. The average molecular weight is 319 g/mol. The van der Waals surface area contributed by atoms with Crippen molar-refractivity contribution < 1.29 is 4.79 Å². The number of rotatable bonds is 5. The number of nitrogens with zero attached hydrogens (tertiary/aromatic N) is 5. The summed E-state index contributed by atoms with van der Waals surface area (Å²) < 4.78 is 6.09. The Balaban J connectivity index is 1.71. The molecule has 3 rings (SSSR count). The maximum absolute atomic E-state index is 12.4. The van der Waals surface area contributed by atoms with E-state index in [0.29, 0.717) is 17.9 Å². The first-order chi connectivity index (χ1) is 10.5. The van der Waals surface area contributed by atoms with Crippen LogP contribution in [0.4, 0.5) is 5.13 Å². The van der Waals surface area contributed by atoms with Crippen molar-refractivity contribution in [2.45, 2.75) is 45.1 Å². The summed E-state index contributed by atoms with van der Waals surface area (Å²) in [5, 5.41) is 5.02. The summed E-state index contributed by atoms with van der Waals surface area (Å²) in [5.74, 6) is 1.38. The Morgan fingerprint density at radius 3 is 2.95 bits per heavy atom. The molecule has 2 aromatic heterocycles. The molecule has 0 spiro atoms. The van der Waals surface area contributed by atoms with E-state index in [4.69, 9.17) is 0 Å². The fourth-order valence-corrected chi connectivity index (χ4v) is 3.68. The quantitative estimate of drug-likeness (QED) is 0.793. The third-order valence-electron chi connectivity index (χ3n) is 4.02. The Hall–Kier alpha value is -1.76. The molecule has 118 valence electrons. The highest BCUT2D eigenvalue weighted by Crippen LogP contribution is 2.30. The van der Waals surface area contributed by atoms with E-state index in [0.717, 1.165) is 30.3 Å². The fourth-order valence-electron chi connectivity index (χ4n) is 2.77.